The van der Waals surface area contributed by atoms with Crippen molar-refractivity contribution in [1.29, 1.82) is 0 Å². The molecule has 8 nitrogen and oxygen atoms in total. The molecule has 36 heavy (non-hydrogen) atoms. The molecule has 0 fully saturated rings. The summed E-state index contributed by atoms with van der Waals surface area (Å²) in [6.07, 6.45) is 14.2. The summed E-state index contributed by atoms with van der Waals surface area (Å²) in [5.41, 5.74) is 9.41. The topological polar surface area (TPSA) is 92.1 Å². The van der Waals surface area contributed by atoms with Gasteiger partial charge in [-0.25, -0.2) is 13.9 Å². The van der Waals surface area contributed by atoms with E-state index in [0.29, 0.717) is 24.5 Å². The predicted molar refractivity (Wildman–Crippen MR) is 149 cm³/mol. The second-order valence-corrected chi connectivity index (χ2v) is 9.08. The van der Waals surface area contributed by atoms with Gasteiger partial charge in [-0.1, -0.05) is 12.2 Å². The molecular formula is C27H38FN7O. The number of hydrogen-bond donors (Lipinski definition) is 1. The van der Waals surface area contributed by atoms with Gasteiger partial charge in [0.25, 0.3) is 0 Å². The molecule has 1 aromatic rings. The van der Waals surface area contributed by atoms with Crippen LogP contribution in [0.5, 0.6) is 0 Å². The van der Waals surface area contributed by atoms with Crippen LogP contribution < -0.4 is 10.6 Å². The highest BCUT2D eigenvalue weighted by atomic mass is 19.1. The van der Waals surface area contributed by atoms with E-state index in [-0.39, 0.29) is 12.1 Å². The van der Waals surface area contributed by atoms with Crippen molar-refractivity contribution in [3.63, 3.8) is 0 Å². The number of allylic oxidation sites excluding steroid dienone is 5. The number of hydrogen-bond acceptors (Lipinski definition) is 5. The molecule has 1 aliphatic heterocycles. The monoisotopic (exact) mass is 495 g/mol. The van der Waals surface area contributed by atoms with E-state index in [2.05, 4.69) is 45.9 Å². The second-order valence-electron chi connectivity index (χ2n) is 9.08. The van der Waals surface area contributed by atoms with Gasteiger partial charge in [-0.15, -0.1) is 5.10 Å². The molecule has 2 heterocycles. The van der Waals surface area contributed by atoms with Gasteiger partial charge in [-0.3, -0.25) is 14.9 Å². The zero-order valence-corrected chi connectivity index (χ0v) is 22.1. The summed E-state index contributed by atoms with van der Waals surface area (Å²) in [6.45, 7) is 13.2. The highest BCUT2D eigenvalue weighted by Gasteiger charge is 2.18. The Labute approximate surface area is 213 Å². The number of aliphatic imine (C=N–C) groups is 2. The third-order valence-corrected chi connectivity index (χ3v) is 5.78. The minimum atomic E-state index is -0.617. The van der Waals surface area contributed by atoms with Gasteiger partial charge in [0, 0.05) is 50.4 Å². The number of carbonyl (C=O) groups excluding carboxylic acids is 1. The number of primary amides is 1. The fourth-order valence-electron chi connectivity index (χ4n) is 3.67. The first-order valence-corrected chi connectivity index (χ1v) is 12.0. The zero-order chi connectivity index (χ0) is 26.8. The molecule has 2 amide bonds. The van der Waals surface area contributed by atoms with Gasteiger partial charge < -0.3 is 10.6 Å². The number of carbonyl (C=O) groups is 1. The number of amides is 2. The van der Waals surface area contributed by atoms with E-state index in [1.54, 1.807) is 18.5 Å². The van der Waals surface area contributed by atoms with Crippen LogP contribution in [0.1, 0.15) is 53.2 Å². The standard InChI is InChI=1S/C27H38FN7O/c1-19(15-30-6)16-31-22(4)9-8-12-34(27(29)36)26-14-25(35(32-26)18-21(3)28)11-10-24-13-23(5)33(7)17-20(24)2/h10-11,13-18,22-23H,6,8-9,12H2,1-5,7H3,(H2,29,36)/b11-10+,19-15-,21-18+,31-16?. The summed E-state index contributed by atoms with van der Waals surface area (Å²) in [4.78, 5) is 24.0. The van der Waals surface area contributed by atoms with E-state index in [1.807, 2.05) is 40.0 Å². The van der Waals surface area contributed by atoms with Crippen LogP contribution in [-0.2, 0) is 0 Å². The Morgan fingerprint density at radius 3 is 2.75 bits per heavy atom. The Kier molecular flexibility index (Phi) is 10.6. The number of nitrogens with zero attached hydrogens (tertiary/aromatic N) is 6. The van der Waals surface area contributed by atoms with Crippen molar-refractivity contribution >= 4 is 37.1 Å². The van der Waals surface area contributed by atoms with Crippen LogP contribution in [0.2, 0.25) is 0 Å². The van der Waals surface area contributed by atoms with E-state index in [4.69, 9.17) is 5.73 Å². The molecule has 9 heteroatoms. The molecule has 2 atom stereocenters. The molecule has 0 saturated carbocycles. The van der Waals surface area contributed by atoms with Crippen molar-refractivity contribution in [2.45, 2.75) is 59.5 Å². The lowest BCUT2D eigenvalue weighted by atomic mass is 10.0. The molecular weight excluding hydrogens is 457 g/mol. The van der Waals surface area contributed by atoms with Gasteiger partial charge in [0.1, 0.15) is 5.83 Å². The summed E-state index contributed by atoms with van der Waals surface area (Å²) in [5.74, 6) is -0.0413. The average molecular weight is 496 g/mol. The van der Waals surface area contributed by atoms with Gasteiger partial charge in [0.05, 0.1) is 11.9 Å². The molecule has 194 valence electrons. The Balaban J connectivity index is 2.21. The van der Waals surface area contributed by atoms with E-state index in [0.717, 1.165) is 23.1 Å². The second kappa shape index (κ2) is 13.4. The number of urea groups is 1. The fraction of sp³-hybridized carbons (Fsp3) is 0.407. The molecule has 0 saturated heterocycles. The molecule has 0 spiro atoms. The third kappa shape index (κ3) is 8.48. The number of halogens is 1. The number of rotatable bonds is 11. The lowest BCUT2D eigenvalue weighted by molar-refractivity contribution is 0.253. The van der Waals surface area contributed by atoms with Crippen LogP contribution in [0.15, 0.2) is 63.1 Å². The first-order valence-electron chi connectivity index (χ1n) is 12.0. The first kappa shape index (κ1) is 28.5. The lowest BCUT2D eigenvalue weighted by Crippen LogP contribution is -2.37. The van der Waals surface area contributed by atoms with Gasteiger partial charge in [0.15, 0.2) is 5.82 Å². The fourth-order valence-corrected chi connectivity index (χ4v) is 3.67. The number of anilines is 1. The highest BCUT2D eigenvalue weighted by molar-refractivity contribution is 5.90. The van der Waals surface area contributed by atoms with Crippen LogP contribution in [-0.4, -0.2) is 59.3 Å². The maximum atomic E-state index is 13.8. The molecule has 1 aromatic heterocycles. The van der Waals surface area contributed by atoms with Crippen LogP contribution in [0.3, 0.4) is 0 Å². The normalized spacial score (nSPS) is 18.0. The van der Waals surface area contributed by atoms with Crippen molar-refractivity contribution in [3.05, 3.63) is 58.9 Å². The minimum Gasteiger partial charge on any atom is -0.374 e. The smallest absolute Gasteiger partial charge is 0.320 e. The van der Waals surface area contributed by atoms with Crippen molar-refractivity contribution in [3.8, 4) is 0 Å². The number of aromatic nitrogens is 2. The Morgan fingerprint density at radius 2 is 2.11 bits per heavy atom. The SMILES string of the molecule is C=N/C=C(/C)C=NC(C)CCCN(C(N)=O)c1cc(/C=C/C2=CC(C)N(C)C=C2C)n(/C=C(\C)F)n1. The van der Waals surface area contributed by atoms with Crippen molar-refractivity contribution in [2.24, 2.45) is 15.7 Å². The Morgan fingerprint density at radius 1 is 1.39 bits per heavy atom. The summed E-state index contributed by atoms with van der Waals surface area (Å²) < 4.78 is 15.2. The van der Waals surface area contributed by atoms with Crippen LogP contribution in [0.25, 0.3) is 12.3 Å². The van der Waals surface area contributed by atoms with E-state index in [9.17, 15) is 9.18 Å². The highest BCUT2D eigenvalue weighted by Crippen LogP contribution is 2.23. The van der Waals surface area contributed by atoms with Crippen LogP contribution >= 0.6 is 0 Å². The lowest BCUT2D eigenvalue weighted by Gasteiger charge is -2.26. The molecule has 1 aliphatic rings. The molecule has 0 aromatic carbocycles. The molecule has 0 radical (unpaired) electrons. The largest absolute Gasteiger partial charge is 0.374 e. The van der Waals surface area contributed by atoms with Gasteiger partial charge in [0.2, 0.25) is 0 Å². The maximum Gasteiger partial charge on any atom is 0.320 e. The van der Waals surface area contributed by atoms with Gasteiger partial charge in [-0.05, 0) is 77.0 Å². The van der Waals surface area contributed by atoms with Crippen LogP contribution in [0.4, 0.5) is 15.0 Å². The molecule has 2 rings (SSSR count). The summed E-state index contributed by atoms with van der Waals surface area (Å²) in [5, 5.41) is 4.44. The maximum absolute atomic E-state index is 13.8. The van der Waals surface area contributed by atoms with E-state index >= 15 is 0 Å². The van der Waals surface area contributed by atoms with Gasteiger partial charge in [-0.2, -0.15) is 0 Å². The first-order chi connectivity index (χ1) is 17.0. The van der Waals surface area contributed by atoms with Crippen molar-refractivity contribution in [2.75, 3.05) is 18.5 Å². The molecule has 2 unspecified atom stereocenters. The average Bonchev–Trinajstić information content (AvgIpc) is 3.18. The zero-order valence-electron chi connectivity index (χ0n) is 22.1. The summed E-state index contributed by atoms with van der Waals surface area (Å²) in [7, 11) is 2.03. The molecule has 0 bridgehead atoms. The van der Waals surface area contributed by atoms with Crippen molar-refractivity contribution in [1.82, 2.24) is 14.7 Å². The molecule has 2 N–H and O–H groups in total. The number of nitrogens with two attached hydrogens (primary N) is 1. The third-order valence-electron chi connectivity index (χ3n) is 5.78. The Hall–Kier alpha value is -3.75. The summed E-state index contributed by atoms with van der Waals surface area (Å²) in [6, 6.07) is 1.44. The van der Waals surface area contributed by atoms with E-state index < -0.39 is 11.9 Å². The summed E-state index contributed by atoms with van der Waals surface area (Å²) >= 11 is 0. The predicted octanol–water partition coefficient (Wildman–Crippen LogP) is 5.58. The number of likely N-dealkylation sites (N-methyl/N-ethyl adjacent to an activating group) is 1. The van der Waals surface area contributed by atoms with Gasteiger partial charge >= 0.3 is 6.03 Å². The minimum absolute atomic E-state index is 0.0579. The molecule has 0 aliphatic carbocycles. The Bertz CT molecular complexity index is 1120. The van der Waals surface area contributed by atoms with Crippen LogP contribution in [0, 0.1) is 0 Å². The quantitative estimate of drug-likeness (QED) is 0.406. The van der Waals surface area contributed by atoms with E-state index in [1.165, 1.54) is 22.7 Å². The van der Waals surface area contributed by atoms with Crippen molar-refractivity contribution < 1.29 is 9.18 Å².